The summed E-state index contributed by atoms with van der Waals surface area (Å²) >= 11 is 0. The summed E-state index contributed by atoms with van der Waals surface area (Å²) in [7, 11) is 0. The third kappa shape index (κ3) is 41.0. The van der Waals surface area contributed by atoms with E-state index in [1.54, 1.807) is 0 Å². The van der Waals surface area contributed by atoms with Crippen molar-refractivity contribution >= 4 is 23.9 Å². The Labute approximate surface area is 455 Å². The summed E-state index contributed by atoms with van der Waals surface area (Å²) in [5, 5.41) is 31.4. The Kier molecular flexibility index (Phi) is 47.0. The summed E-state index contributed by atoms with van der Waals surface area (Å²) in [5.41, 5.74) is 0. The lowest BCUT2D eigenvalue weighted by molar-refractivity contribution is -0.301. The molecule has 75 heavy (non-hydrogen) atoms. The van der Waals surface area contributed by atoms with Crippen LogP contribution < -0.4 is 0 Å². The van der Waals surface area contributed by atoms with E-state index in [1.807, 2.05) is 0 Å². The number of aliphatic carboxylic acids is 1. The molecular formula is C63H106O12. The van der Waals surface area contributed by atoms with Crippen LogP contribution in [-0.2, 0) is 42.9 Å². The van der Waals surface area contributed by atoms with Gasteiger partial charge in [-0.2, -0.15) is 0 Å². The van der Waals surface area contributed by atoms with Crippen LogP contribution in [0.5, 0.6) is 0 Å². The highest BCUT2D eigenvalue weighted by atomic mass is 16.7. The zero-order valence-corrected chi connectivity index (χ0v) is 47.3. The van der Waals surface area contributed by atoms with Gasteiger partial charge in [-0.1, -0.05) is 203 Å². The quantitative estimate of drug-likeness (QED) is 0.0228. The number of carbonyl (C=O) groups is 4. The highest BCUT2D eigenvalue weighted by Gasteiger charge is 2.50. The van der Waals surface area contributed by atoms with Crippen LogP contribution in [0.4, 0.5) is 0 Å². The first-order valence-corrected chi connectivity index (χ1v) is 29.9. The van der Waals surface area contributed by atoms with Gasteiger partial charge in [0, 0.05) is 19.3 Å². The highest BCUT2D eigenvalue weighted by Crippen LogP contribution is 2.26. The van der Waals surface area contributed by atoms with Crippen molar-refractivity contribution in [2.75, 3.05) is 13.2 Å². The van der Waals surface area contributed by atoms with Crippen LogP contribution in [0.15, 0.2) is 72.9 Å². The summed E-state index contributed by atoms with van der Waals surface area (Å²) in [6, 6.07) is 0. The summed E-state index contributed by atoms with van der Waals surface area (Å²) in [6.45, 7) is 5.79. The first kappa shape index (κ1) is 69.2. The molecule has 0 saturated carbocycles. The zero-order valence-electron chi connectivity index (χ0n) is 47.3. The van der Waals surface area contributed by atoms with Gasteiger partial charge in [-0.15, -0.1) is 0 Å². The number of aliphatic hydroxyl groups excluding tert-OH is 2. The summed E-state index contributed by atoms with van der Waals surface area (Å²) in [6.07, 6.45) is 51.7. The Hall–Kier alpha value is -3.84. The van der Waals surface area contributed by atoms with Crippen LogP contribution in [-0.4, -0.2) is 89.2 Å². The first-order chi connectivity index (χ1) is 36.6. The van der Waals surface area contributed by atoms with Crippen molar-refractivity contribution in [3.05, 3.63) is 72.9 Å². The van der Waals surface area contributed by atoms with Crippen LogP contribution in [0, 0.1) is 0 Å². The van der Waals surface area contributed by atoms with Gasteiger partial charge in [0.1, 0.15) is 18.8 Å². The largest absolute Gasteiger partial charge is 0.479 e. The fourth-order valence-electron chi connectivity index (χ4n) is 8.63. The molecule has 12 heteroatoms. The molecule has 0 aromatic carbocycles. The molecule has 1 aliphatic rings. The molecule has 1 rings (SSSR count). The number of carboxylic acid groups (broad SMARTS) is 1. The van der Waals surface area contributed by atoms with E-state index in [2.05, 4.69) is 93.7 Å². The Balaban J connectivity index is 2.69. The monoisotopic (exact) mass is 1050 g/mol. The third-order valence-electron chi connectivity index (χ3n) is 13.2. The van der Waals surface area contributed by atoms with E-state index in [0.29, 0.717) is 19.3 Å². The molecule has 6 atom stereocenters. The molecule has 0 bridgehead atoms. The van der Waals surface area contributed by atoms with Crippen molar-refractivity contribution in [3.63, 3.8) is 0 Å². The lowest BCUT2D eigenvalue weighted by atomic mass is 9.98. The van der Waals surface area contributed by atoms with Crippen LogP contribution in [0.2, 0.25) is 0 Å². The van der Waals surface area contributed by atoms with E-state index in [-0.39, 0.29) is 25.9 Å². The molecule has 0 amide bonds. The molecule has 0 radical (unpaired) electrons. The van der Waals surface area contributed by atoms with Crippen LogP contribution in [0.3, 0.4) is 0 Å². The number of unbranched alkanes of at least 4 members (excludes halogenated alkanes) is 24. The van der Waals surface area contributed by atoms with E-state index < -0.39 is 67.3 Å². The Bertz CT molecular complexity index is 1580. The topological polar surface area (TPSA) is 175 Å². The van der Waals surface area contributed by atoms with E-state index in [9.17, 15) is 34.5 Å². The fourth-order valence-corrected chi connectivity index (χ4v) is 8.63. The second-order valence-electron chi connectivity index (χ2n) is 20.2. The van der Waals surface area contributed by atoms with Gasteiger partial charge < -0.3 is 39.0 Å². The van der Waals surface area contributed by atoms with Crippen LogP contribution in [0.1, 0.15) is 252 Å². The maximum absolute atomic E-state index is 13.1. The Morgan fingerprint density at radius 1 is 0.453 bits per heavy atom. The van der Waals surface area contributed by atoms with Gasteiger partial charge in [-0.3, -0.25) is 14.4 Å². The zero-order chi connectivity index (χ0) is 54.7. The summed E-state index contributed by atoms with van der Waals surface area (Å²) < 4.78 is 28.4. The molecule has 430 valence electrons. The number of rotatable bonds is 50. The van der Waals surface area contributed by atoms with Gasteiger partial charge >= 0.3 is 23.9 Å². The number of ether oxygens (including phenoxy) is 5. The van der Waals surface area contributed by atoms with Crippen molar-refractivity contribution in [1.82, 2.24) is 0 Å². The number of esters is 3. The molecule has 0 spiro atoms. The van der Waals surface area contributed by atoms with E-state index in [0.717, 1.165) is 96.3 Å². The maximum Gasteiger partial charge on any atom is 0.335 e. The predicted molar refractivity (Wildman–Crippen MR) is 303 cm³/mol. The van der Waals surface area contributed by atoms with Gasteiger partial charge in [0.2, 0.25) is 0 Å². The lowest BCUT2D eigenvalue weighted by Crippen LogP contribution is -2.61. The Morgan fingerprint density at radius 2 is 0.853 bits per heavy atom. The molecule has 1 saturated heterocycles. The molecular weight excluding hydrogens is 949 g/mol. The molecule has 0 aromatic heterocycles. The van der Waals surface area contributed by atoms with Crippen LogP contribution in [0.25, 0.3) is 0 Å². The minimum absolute atomic E-state index is 0.0431. The fraction of sp³-hybridized carbons (Fsp3) is 0.746. The van der Waals surface area contributed by atoms with Gasteiger partial charge in [-0.05, 0) is 103 Å². The van der Waals surface area contributed by atoms with Gasteiger partial charge in [-0.25, -0.2) is 4.79 Å². The highest BCUT2D eigenvalue weighted by molar-refractivity contribution is 5.74. The number of hydrogen-bond acceptors (Lipinski definition) is 11. The van der Waals surface area contributed by atoms with Crippen molar-refractivity contribution in [3.8, 4) is 0 Å². The van der Waals surface area contributed by atoms with Gasteiger partial charge in [0.25, 0.3) is 0 Å². The summed E-state index contributed by atoms with van der Waals surface area (Å²) in [4.78, 5) is 51.1. The smallest absolute Gasteiger partial charge is 0.335 e. The minimum atomic E-state index is -1.91. The average Bonchev–Trinajstić information content (AvgIpc) is 3.39. The molecule has 3 N–H and O–H groups in total. The molecule has 12 nitrogen and oxygen atoms in total. The molecule has 6 unspecified atom stereocenters. The maximum atomic E-state index is 13.1. The normalized spacial score (nSPS) is 18.7. The van der Waals surface area contributed by atoms with Crippen molar-refractivity contribution in [1.29, 1.82) is 0 Å². The second kappa shape index (κ2) is 50.9. The van der Waals surface area contributed by atoms with E-state index in [4.69, 9.17) is 23.7 Å². The van der Waals surface area contributed by atoms with Gasteiger partial charge in [0.15, 0.2) is 24.6 Å². The number of carbonyl (C=O) groups excluding carboxylic acids is 3. The SMILES string of the molecule is CC/C=C\C/C=C\C/C=C\C/C=C\CCCCC(=O)OC(COC(=O)CCCCCCCCCCC/C=C\CCCCCCCC)COC1OC(C(=O)O)C(O)C(O)C1OC(=O)CCCCCCC/C=C\CCCC. The molecule has 1 fully saturated rings. The minimum Gasteiger partial charge on any atom is -0.479 e. The lowest BCUT2D eigenvalue weighted by Gasteiger charge is -2.40. The third-order valence-corrected chi connectivity index (χ3v) is 13.2. The second-order valence-corrected chi connectivity index (χ2v) is 20.2. The van der Waals surface area contributed by atoms with Crippen molar-refractivity contribution in [2.24, 2.45) is 0 Å². The van der Waals surface area contributed by atoms with Crippen molar-refractivity contribution < 1.29 is 58.2 Å². The average molecular weight is 1060 g/mol. The Morgan fingerprint density at radius 3 is 1.36 bits per heavy atom. The van der Waals surface area contributed by atoms with E-state index >= 15 is 0 Å². The molecule has 1 aliphatic heterocycles. The number of hydrogen-bond donors (Lipinski definition) is 3. The summed E-state index contributed by atoms with van der Waals surface area (Å²) in [5.74, 6) is -3.19. The van der Waals surface area contributed by atoms with Crippen LogP contribution >= 0.6 is 0 Å². The first-order valence-electron chi connectivity index (χ1n) is 29.9. The number of carboxylic acids is 1. The standard InChI is InChI=1S/C63H106O12/c1-4-7-10-13-16-19-22-24-26-27-28-29-31-32-35-37-40-43-46-49-55(64)71-52-54(73-56(65)50-47-44-41-39-36-33-30-25-23-20-17-14-11-8-5-2)53-72-63-61(59(68)58(67)60(75-63)62(69)70)74-57(66)51-48-45-42-38-34-21-18-15-12-9-6-3/h8,11,15,17-18,20,24-26,30,36,39,54,58-61,63,67-68H,4-7,9-10,12-14,16,19,21-23,27-29,31-35,37-38,40-53H2,1-3H3,(H,69,70)/b11-8-,18-15-,20-17-,26-24-,30-25-,39-36-. The predicted octanol–water partition coefficient (Wildman–Crippen LogP) is 15.3. The van der Waals surface area contributed by atoms with E-state index in [1.165, 1.54) is 96.3 Å². The van der Waals surface area contributed by atoms with Gasteiger partial charge in [0.05, 0.1) is 6.61 Å². The van der Waals surface area contributed by atoms with Crippen molar-refractivity contribution in [2.45, 2.75) is 289 Å². The number of aliphatic hydroxyl groups is 2. The molecule has 1 heterocycles. The molecule has 0 aliphatic carbocycles. The number of allylic oxidation sites excluding steroid dienone is 12. The molecule has 0 aromatic rings.